The zero-order valence-electron chi connectivity index (χ0n) is 13.2. The van der Waals surface area contributed by atoms with Crippen molar-refractivity contribution in [2.45, 2.75) is 42.6 Å². The number of hydrogen-bond donors (Lipinski definition) is 1. The Labute approximate surface area is 132 Å². The van der Waals surface area contributed by atoms with E-state index in [9.17, 15) is 16.8 Å². The standard InChI is InChI=1S/C14H22N2O4S2/c1-10-5-6-13(21(4,17)18)9-14(10)22(19,20)16-8-7-15-11(2)12(16)3/h5-6,9,11-12,15H,7-8H2,1-4H3. The van der Waals surface area contributed by atoms with Crippen LogP contribution in [-0.2, 0) is 19.9 Å². The van der Waals surface area contributed by atoms with Crippen LogP contribution in [0.4, 0.5) is 0 Å². The number of hydrogen-bond acceptors (Lipinski definition) is 5. The molecule has 8 heteroatoms. The Morgan fingerprint density at radius 2 is 1.82 bits per heavy atom. The van der Waals surface area contributed by atoms with Gasteiger partial charge in [-0.25, -0.2) is 16.8 Å². The van der Waals surface area contributed by atoms with Gasteiger partial charge in [-0.2, -0.15) is 4.31 Å². The molecule has 0 radical (unpaired) electrons. The molecule has 1 saturated heterocycles. The van der Waals surface area contributed by atoms with Crippen LogP contribution < -0.4 is 5.32 Å². The Balaban J connectivity index is 2.54. The van der Waals surface area contributed by atoms with Crippen LogP contribution in [0.5, 0.6) is 0 Å². The lowest BCUT2D eigenvalue weighted by Crippen LogP contribution is -2.57. The lowest BCUT2D eigenvalue weighted by molar-refractivity contribution is 0.232. The lowest BCUT2D eigenvalue weighted by atomic mass is 10.1. The molecule has 22 heavy (non-hydrogen) atoms. The van der Waals surface area contributed by atoms with Gasteiger partial charge in [0, 0.05) is 31.4 Å². The summed E-state index contributed by atoms with van der Waals surface area (Å²) in [7, 11) is -7.18. The molecular formula is C14H22N2O4S2. The highest BCUT2D eigenvalue weighted by molar-refractivity contribution is 7.91. The molecule has 1 aromatic rings. The van der Waals surface area contributed by atoms with Crippen molar-refractivity contribution in [3.63, 3.8) is 0 Å². The van der Waals surface area contributed by atoms with Crippen molar-refractivity contribution in [3.8, 4) is 0 Å². The third kappa shape index (κ3) is 3.19. The van der Waals surface area contributed by atoms with Crippen LogP contribution in [0.25, 0.3) is 0 Å². The molecule has 0 spiro atoms. The fourth-order valence-corrected chi connectivity index (χ4v) is 5.26. The van der Waals surface area contributed by atoms with Gasteiger partial charge >= 0.3 is 0 Å². The fraction of sp³-hybridized carbons (Fsp3) is 0.571. The number of nitrogens with zero attached hydrogens (tertiary/aromatic N) is 1. The first-order valence-corrected chi connectivity index (χ1v) is 10.4. The van der Waals surface area contributed by atoms with E-state index in [2.05, 4.69) is 5.32 Å². The number of benzene rings is 1. The number of rotatable bonds is 3. The molecule has 0 aliphatic carbocycles. The molecule has 0 amide bonds. The minimum absolute atomic E-state index is 0.0208. The zero-order chi connectivity index (χ0) is 16.7. The van der Waals surface area contributed by atoms with Gasteiger partial charge in [-0.3, -0.25) is 0 Å². The van der Waals surface area contributed by atoms with Gasteiger partial charge in [-0.1, -0.05) is 6.07 Å². The van der Waals surface area contributed by atoms with E-state index in [1.165, 1.54) is 16.4 Å². The number of sulfonamides is 1. The van der Waals surface area contributed by atoms with Gasteiger partial charge in [0.25, 0.3) is 0 Å². The summed E-state index contributed by atoms with van der Waals surface area (Å²) in [6, 6.07) is 4.09. The fourth-order valence-electron chi connectivity index (χ4n) is 2.58. The van der Waals surface area contributed by atoms with Crippen LogP contribution >= 0.6 is 0 Å². The molecule has 2 rings (SSSR count). The molecule has 1 N–H and O–H groups in total. The lowest BCUT2D eigenvalue weighted by Gasteiger charge is -2.37. The minimum Gasteiger partial charge on any atom is -0.311 e. The Morgan fingerprint density at radius 3 is 2.41 bits per heavy atom. The highest BCUT2D eigenvalue weighted by Gasteiger charge is 2.35. The molecule has 1 heterocycles. The number of nitrogens with one attached hydrogen (secondary N) is 1. The molecule has 124 valence electrons. The monoisotopic (exact) mass is 346 g/mol. The van der Waals surface area contributed by atoms with Gasteiger partial charge in [0.1, 0.15) is 0 Å². The smallest absolute Gasteiger partial charge is 0.243 e. The summed E-state index contributed by atoms with van der Waals surface area (Å²) in [4.78, 5) is 0.0869. The van der Waals surface area contributed by atoms with E-state index >= 15 is 0 Å². The first-order valence-electron chi connectivity index (χ1n) is 7.11. The number of aryl methyl sites for hydroxylation is 1. The summed E-state index contributed by atoms with van der Waals surface area (Å²) in [6.07, 6.45) is 1.07. The Bertz CT molecular complexity index is 772. The van der Waals surface area contributed by atoms with Crippen LogP contribution in [0, 0.1) is 6.92 Å². The minimum atomic E-state index is -3.73. The van der Waals surface area contributed by atoms with E-state index < -0.39 is 19.9 Å². The predicted molar refractivity (Wildman–Crippen MR) is 85.1 cm³/mol. The SMILES string of the molecule is Cc1ccc(S(C)(=O)=O)cc1S(=O)(=O)N1CCNC(C)C1C. The average molecular weight is 346 g/mol. The third-order valence-electron chi connectivity index (χ3n) is 4.15. The van der Waals surface area contributed by atoms with E-state index in [0.29, 0.717) is 18.7 Å². The number of piperazine rings is 1. The maximum atomic E-state index is 12.9. The van der Waals surface area contributed by atoms with Crippen molar-refractivity contribution in [1.82, 2.24) is 9.62 Å². The molecule has 0 saturated carbocycles. The maximum Gasteiger partial charge on any atom is 0.243 e. The van der Waals surface area contributed by atoms with Gasteiger partial charge in [-0.05, 0) is 38.5 Å². The summed E-state index contributed by atoms with van der Waals surface area (Å²) in [5.41, 5.74) is 0.547. The topological polar surface area (TPSA) is 83.5 Å². The van der Waals surface area contributed by atoms with Crippen molar-refractivity contribution in [2.24, 2.45) is 0 Å². The highest BCUT2D eigenvalue weighted by atomic mass is 32.2. The molecule has 6 nitrogen and oxygen atoms in total. The third-order valence-corrected chi connectivity index (χ3v) is 7.39. The van der Waals surface area contributed by atoms with Gasteiger partial charge in [-0.15, -0.1) is 0 Å². The van der Waals surface area contributed by atoms with Crippen molar-refractivity contribution in [1.29, 1.82) is 0 Å². The van der Waals surface area contributed by atoms with Gasteiger partial charge in [0.2, 0.25) is 10.0 Å². The van der Waals surface area contributed by atoms with Crippen LogP contribution in [0.2, 0.25) is 0 Å². The van der Waals surface area contributed by atoms with E-state index in [1.54, 1.807) is 13.0 Å². The highest BCUT2D eigenvalue weighted by Crippen LogP contribution is 2.26. The van der Waals surface area contributed by atoms with Crippen LogP contribution in [0.1, 0.15) is 19.4 Å². The molecule has 1 fully saturated rings. The second kappa shape index (κ2) is 5.92. The van der Waals surface area contributed by atoms with Crippen molar-refractivity contribution in [3.05, 3.63) is 23.8 Å². The Morgan fingerprint density at radius 1 is 1.18 bits per heavy atom. The molecule has 1 aromatic carbocycles. The van der Waals surface area contributed by atoms with Crippen LogP contribution in [0.3, 0.4) is 0 Å². The Kier molecular flexibility index (Phi) is 4.68. The molecule has 1 aliphatic rings. The summed E-state index contributed by atoms with van der Waals surface area (Å²) >= 11 is 0. The second-order valence-corrected chi connectivity index (χ2v) is 9.67. The summed E-state index contributed by atoms with van der Waals surface area (Å²) in [5.74, 6) is 0. The largest absolute Gasteiger partial charge is 0.311 e. The molecule has 0 aromatic heterocycles. The van der Waals surface area contributed by atoms with E-state index in [-0.39, 0.29) is 21.9 Å². The quantitative estimate of drug-likeness (QED) is 0.874. The summed E-state index contributed by atoms with van der Waals surface area (Å²) in [5, 5.41) is 3.23. The molecule has 0 bridgehead atoms. The molecular weight excluding hydrogens is 324 g/mol. The normalized spacial score (nSPS) is 24.4. The summed E-state index contributed by atoms with van der Waals surface area (Å²) in [6.45, 7) is 6.41. The van der Waals surface area contributed by atoms with Crippen molar-refractivity contribution in [2.75, 3.05) is 19.3 Å². The van der Waals surface area contributed by atoms with Gasteiger partial charge in [0.15, 0.2) is 9.84 Å². The zero-order valence-corrected chi connectivity index (χ0v) is 14.8. The van der Waals surface area contributed by atoms with Crippen molar-refractivity contribution < 1.29 is 16.8 Å². The van der Waals surface area contributed by atoms with Crippen molar-refractivity contribution >= 4 is 19.9 Å². The summed E-state index contributed by atoms with van der Waals surface area (Å²) < 4.78 is 50.7. The predicted octanol–water partition coefficient (Wildman–Crippen LogP) is 0.769. The van der Waals surface area contributed by atoms with E-state index in [4.69, 9.17) is 0 Å². The second-order valence-electron chi connectivity index (χ2n) is 5.80. The first kappa shape index (κ1) is 17.4. The van der Waals surface area contributed by atoms with Gasteiger partial charge < -0.3 is 5.32 Å². The Hall–Kier alpha value is -0.960. The van der Waals surface area contributed by atoms with E-state index in [1.807, 2.05) is 13.8 Å². The molecule has 2 unspecified atom stereocenters. The maximum absolute atomic E-state index is 12.9. The first-order chi connectivity index (χ1) is 10.0. The molecule has 1 aliphatic heterocycles. The van der Waals surface area contributed by atoms with Crippen LogP contribution in [0.15, 0.2) is 28.0 Å². The number of sulfone groups is 1. The van der Waals surface area contributed by atoms with Crippen LogP contribution in [-0.4, -0.2) is 52.6 Å². The average Bonchev–Trinajstić information content (AvgIpc) is 2.40. The van der Waals surface area contributed by atoms with Gasteiger partial charge in [0.05, 0.1) is 9.79 Å². The van der Waals surface area contributed by atoms with E-state index in [0.717, 1.165) is 6.26 Å². The molecule has 2 atom stereocenters.